The van der Waals surface area contributed by atoms with Gasteiger partial charge in [-0.05, 0) is 34.7 Å². The number of phenols is 1. The van der Waals surface area contributed by atoms with Gasteiger partial charge in [0, 0.05) is 0 Å². The van der Waals surface area contributed by atoms with Crippen molar-refractivity contribution in [2.45, 2.75) is 0 Å². The maximum absolute atomic E-state index is 11.1. The van der Waals surface area contributed by atoms with Crippen LogP contribution in [0.2, 0.25) is 0 Å². The summed E-state index contributed by atoms with van der Waals surface area (Å²) in [7, 11) is 1.26. The molecule has 1 aromatic carbocycles. The number of ether oxygens (including phenoxy) is 1. The molecule has 0 bridgehead atoms. The van der Waals surface area contributed by atoms with E-state index in [1.165, 1.54) is 19.2 Å². The van der Waals surface area contributed by atoms with Gasteiger partial charge in [0.05, 0.1) is 21.8 Å². The third-order valence-corrected chi connectivity index (χ3v) is 2.43. The van der Waals surface area contributed by atoms with Gasteiger partial charge >= 0.3 is 5.97 Å². The number of carbonyl (C=O) groups is 1. The van der Waals surface area contributed by atoms with Crippen LogP contribution in [-0.4, -0.2) is 18.2 Å². The minimum absolute atomic E-state index is 0.0669. The van der Waals surface area contributed by atoms with E-state index in [0.29, 0.717) is 3.57 Å². The number of esters is 1. The molecule has 1 aromatic rings. The molecular weight excluding hydrogens is 297 g/mol. The first kappa shape index (κ1) is 10.8. The zero-order valence-electron chi connectivity index (χ0n) is 7.24. The van der Waals surface area contributed by atoms with Crippen molar-refractivity contribution in [3.05, 3.63) is 26.8 Å². The summed E-state index contributed by atoms with van der Waals surface area (Å²) in [4.78, 5) is 11.1. The number of benzene rings is 1. The lowest BCUT2D eigenvalue weighted by Crippen LogP contribution is -2.02. The number of nitriles is 1. The van der Waals surface area contributed by atoms with Gasteiger partial charge in [-0.25, -0.2) is 4.79 Å². The van der Waals surface area contributed by atoms with Gasteiger partial charge in [0.1, 0.15) is 11.8 Å². The molecule has 0 spiro atoms. The SMILES string of the molecule is COC(=O)c1cc(I)c(O)c(C#N)c1. The Morgan fingerprint density at radius 1 is 1.64 bits per heavy atom. The number of rotatable bonds is 1. The highest BCUT2D eigenvalue weighted by atomic mass is 127. The molecule has 0 aliphatic rings. The molecule has 0 saturated heterocycles. The maximum atomic E-state index is 11.1. The molecule has 4 nitrogen and oxygen atoms in total. The molecule has 0 aliphatic carbocycles. The van der Waals surface area contributed by atoms with Crippen LogP contribution < -0.4 is 0 Å². The van der Waals surface area contributed by atoms with E-state index >= 15 is 0 Å². The molecule has 0 atom stereocenters. The van der Waals surface area contributed by atoms with Crippen molar-refractivity contribution in [3.8, 4) is 11.8 Å². The standard InChI is InChI=1S/C9H6INO3/c1-14-9(13)5-2-6(4-11)8(12)7(10)3-5/h2-3,12H,1H3. The van der Waals surface area contributed by atoms with E-state index in [-0.39, 0.29) is 16.9 Å². The van der Waals surface area contributed by atoms with Crippen molar-refractivity contribution >= 4 is 28.6 Å². The zero-order chi connectivity index (χ0) is 10.7. The van der Waals surface area contributed by atoms with Crippen LogP contribution in [0, 0.1) is 14.9 Å². The summed E-state index contributed by atoms with van der Waals surface area (Å²) in [6.07, 6.45) is 0. The molecule has 0 fully saturated rings. The Bertz CT molecular complexity index is 423. The van der Waals surface area contributed by atoms with Crippen molar-refractivity contribution in [1.29, 1.82) is 5.26 Å². The van der Waals surface area contributed by atoms with Crippen LogP contribution in [0.1, 0.15) is 15.9 Å². The predicted molar refractivity (Wildman–Crippen MR) is 56.9 cm³/mol. The second kappa shape index (κ2) is 4.28. The fourth-order valence-corrected chi connectivity index (χ4v) is 1.55. The van der Waals surface area contributed by atoms with Crippen molar-refractivity contribution < 1.29 is 14.6 Å². The first-order chi connectivity index (χ1) is 6.60. The molecule has 0 aromatic heterocycles. The molecule has 0 amide bonds. The fraction of sp³-hybridized carbons (Fsp3) is 0.111. The van der Waals surface area contributed by atoms with Crippen LogP contribution in [0.25, 0.3) is 0 Å². The van der Waals surface area contributed by atoms with E-state index in [9.17, 15) is 9.90 Å². The first-order valence-corrected chi connectivity index (χ1v) is 4.69. The molecule has 14 heavy (non-hydrogen) atoms. The lowest BCUT2D eigenvalue weighted by atomic mass is 10.1. The van der Waals surface area contributed by atoms with Gasteiger partial charge < -0.3 is 9.84 Å². The summed E-state index contributed by atoms with van der Waals surface area (Å²) in [6, 6.07) is 4.55. The predicted octanol–water partition coefficient (Wildman–Crippen LogP) is 1.66. The summed E-state index contributed by atoms with van der Waals surface area (Å²) in [5, 5.41) is 18.1. The van der Waals surface area contributed by atoms with E-state index in [0.717, 1.165) is 0 Å². The normalized spacial score (nSPS) is 9.21. The van der Waals surface area contributed by atoms with Crippen LogP contribution in [0.5, 0.6) is 5.75 Å². The van der Waals surface area contributed by atoms with Gasteiger partial charge in [0.25, 0.3) is 0 Å². The quantitative estimate of drug-likeness (QED) is 0.632. The molecule has 0 unspecified atom stereocenters. The van der Waals surface area contributed by atoms with E-state index in [1.54, 1.807) is 6.07 Å². The summed E-state index contributed by atoms with van der Waals surface area (Å²) < 4.78 is 4.94. The molecule has 5 heteroatoms. The summed E-state index contributed by atoms with van der Waals surface area (Å²) in [5.41, 5.74) is 0.323. The van der Waals surface area contributed by atoms with E-state index in [2.05, 4.69) is 4.74 Å². The lowest BCUT2D eigenvalue weighted by Gasteiger charge is -2.03. The monoisotopic (exact) mass is 303 g/mol. The maximum Gasteiger partial charge on any atom is 0.337 e. The van der Waals surface area contributed by atoms with E-state index in [1.807, 2.05) is 22.6 Å². The molecule has 0 heterocycles. The Kier molecular flexibility index (Phi) is 3.30. The lowest BCUT2D eigenvalue weighted by molar-refractivity contribution is 0.0600. The van der Waals surface area contributed by atoms with Gasteiger partial charge in [0.15, 0.2) is 0 Å². The minimum Gasteiger partial charge on any atom is -0.505 e. The summed E-state index contributed by atoms with van der Waals surface area (Å²) in [5.74, 6) is -0.639. The average Bonchev–Trinajstić information content (AvgIpc) is 2.20. The second-order valence-electron chi connectivity index (χ2n) is 2.46. The Labute approximate surface area is 94.2 Å². The molecule has 72 valence electrons. The molecule has 0 aliphatic heterocycles. The topological polar surface area (TPSA) is 70.3 Å². The summed E-state index contributed by atoms with van der Waals surface area (Å²) in [6.45, 7) is 0. The van der Waals surface area contributed by atoms with E-state index < -0.39 is 5.97 Å². The highest BCUT2D eigenvalue weighted by Crippen LogP contribution is 2.25. The fourth-order valence-electron chi connectivity index (χ4n) is 0.920. The second-order valence-corrected chi connectivity index (χ2v) is 3.62. The molecule has 1 rings (SSSR count). The Morgan fingerprint density at radius 2 is 2.29 bits per heavy atom. The summed E-state index contributed by atoms with van der Waals surface area (Å²) >= 11 is 1.84. The van der Waals surface area contributed by atoms with Crippen LogP contribution in [-0.2, 0) is 4.74 Å². The van der Waals surface area contributed by atoms with E-state index in [4.69, 9.17) is 5.26 Å². The minimum atomic E-state index is -0.528. The van der Waals surface area contributed by atoms with Crippen molar-refractivity contribution in [2.75, 3.05) is 7.11 Å². The Hall–Kier alpha value is -1.29. The van der Waals surface area contributed by atoms with Gasteiger partial charge in [-0.1, -0.05) is 0 Å². The van der Waals surface area contributed by atoms with Crippen LogP contribution >= 0.6 is 22.6 Å². The Morgan fingerprint density at radius 3 is 2.79 bits per heavy atom. The number of nitrogens with zero attached hydrogens (tertiary/aromatic N) is 1. The van der Waals surface area contributed by atoms with Crippen LogP contribution in [0.3, 0.4) is 0 Å². The smallest absolute Gasteiger partial charge is 0.337 e. The Balaban J connectivity index is 3.32. The van der Waals surface area contributed by atoms with Crippen molar-refractivity contribution in [1.82, 2.24) is 0 Å². The van der Waals surface area contributed by atoms with Crippen LogP contribution in [0.4, 0.5) is 0 Å². The molecule has 0 saturated carbocycles. The number of phenolic OH excluding ortho intramolecular Hbond substituents is 1. The number of carbonyl (C=O) groups excluding carboxylic acids is 1. The van der Waals surface area contributed by atoms with Crippen molar-refractivity contribution in [3.63, 3.8) is 0 Å². The number of hydrogen-bond acceptors (Lipinski definition) is 4. The molecule has 0 radical (unpaired) electrons. The third kappa shape index (κ3) is 1.96. The number of halogens is 1. The van der Waals surface area contributed by atoms with Gasteiger partial charge in [-0.2, -0.15) is 5.26 Å². The average molecular weight is 303 g/mol. The first-order valence-electron chi connectivity index (χ1n) is 3.61. The third-order valence-electron chi connectivity index (χ3n) is 1.60. The van der Waals surface area contributed by atoms with Crippen LogP contribution in [0.15, 0.2) is 12.1 Å². The van der Waals surface area contributed by atoms with Crippen molar-refractivity contribution in [2.24, 2.45) is 0 Å². The number of methoxy groups -OCH3 is 1. The molecule has 1 N–H and O–H groups in total. The number of aromatic hydroxyl groups is 1. The van der Waals surface area contributed by atoms with Gasteiger partial charge in [-0.3, -0.25) is 0 Å². The zero-order valence-corrected chi connectivity index (χ0v) is 9.40. The largest absolute Gasteiger partial charge is 0.505 e. The molecular formula is C9H6INO3. The highest BCUT2D eigenvalue weighted by molar-refractivity contribution is 14.1. The van der Waals surface area contributed by atoms with Gasteiger partial charge in [0.2, 0.25) is 0 Å². The number of hydrogen-bond donors (Lipinski definition) is 1. The highest BCUT2D eigenvalue weighted by Gasteiger charge is 2.12. The van der Waals surface area contributed by atoms with Gasteiger partial charge in [-0.15, -0.1) is 0 Å².